The van der Waals surface area contributed by atoms with Crippen molar-refractivity contribution in [3.05, 3.63) is 89.9 Å². The van der Waals surface area contributed by atoms with Crippen LogP contribution in [0.4, 0.5) is 0 Å². The third-order valence-corrected chi connectivity index (χ3v) is 4.25. The third kappa shape index (κ3) is 2.80. The second kappa shape index (κ2) is 6.28. The Hall–Kier alpha value is -3.34. The molecule has 4 rings (SSSR count). The molecule has 1 atom stereocenters. The minimum Gasteiger partial charge on any atom is -0.507 e. The van der Waals surface area contributed by atoms with Crippen LogP contribution in [0.3, 0.4) is 0 Å². The van der Waals surface area contributed by atoms with Gasteiger partial charge in [0.1, 0.15) is 5.75 Å². The Labute approximate surface area is 144 Å². The molecule has 2 heterocycles. The molecule has 25 heavy (non-hydrogen) atoms. The Morgan fingerprint density at radius 1 is 1.04 bits per heavy atom. The van der Waals surface area contributed by atoms with E-state index < -0.39 is 0 Å². The van der Waals surface area contributed by atoms with Crippen LogP contribution in [-0.2, 0) is 0 Å². The molecule has 1 aliphatic heterocycles. The van der Waals surface area contributed by atoms with Gasteiger partial charge in [-0.25, -0.2) is 5.01 Å². The first-order valence-electron chi connectivity index (χ1n) is 8.02. The van der Waals surface area contributed by atoms with Gasteiger partial charge in [-0.2, -0.15) is 5.10 Å². The molecule has 0 aliphatic carbocycles. The van der Waals surface area contributed by atoms with E-state index in [0.717, 1.165) is 5.56 Å². The average Bonchev–Trinajstić information content (AvgIpc) is 3.32. The number of hydrazone groups is 1. The third-order valence-electron chi connectivity index (χ3n) is 4.25. The van der Waals surface area contributed by atoms with E-state index in [0.29, 0.717) is 17.7 Å². The molecule has 124 valence electrons. The van der Waals surface area contributed by atoms with E-state index in [9.17, 15) is 9.90 Å². The summed E-state index contributed by atoms with van der Waals surface area (Å²) in [7, 11) is 0. The van der Waals surface area contributed by atoms with Crippen molar-refractivity contribution >= 4 is 11.6 Å². The first-order chi connectivity index (χ1) is 12.2. The second-order valence-electron chi connectivity index (χ2n) is 5.82. The Bertz CT molecular complexity index is 917. The fourth-order valence-electron chi connectivity index (χ4n) is 3.03. The highest BCUT2D eigenvalue weighted by molar-refractivity contribution is 6.06. The smallest absolute Gasteiger partial charge is 0.310 e. The van der Waals surface area contributed by atoms with E-state index in [1.807, 2.05) is 36.4 Å². The summed E-state index contributed by atoms with van der Waals surface area (Å²) in [5, 5.41) is 16.1. The lowest BCUT2D eigenvalue weighted by Gasteiger charge is -2.21. The zero-order valence-corrected chi connectivity index (χ0v) is 13.4. The van der Waals surface area contributed by atoms with Gasteiger partial charge < -0.3 is 9.52 Å². The number of phenols is 1. The van der Waals surface area contributed by atoms with E-state index >= 15 is 0 Å². The van der Waals surface area contributed by atoms with Gasteiger partial charge in [-0.05, 0) is 29.8 Å². The summed E-state index contributed by atoms with van der Waals surface area (Å²) >= 11 is 0. The van der Waals surface area contributed by atoms with Gasteiger partial charge >= 0.3 is 5.91 Å². The molecular formula is C20H16N2O3. The van der Waals surface area contributed by atoms with Crippen molar-refractivity contribution in [2.24, 2.45) is 5.10 Å². The number of furan rings is 1. The number of para-hydroxylation sites is 1. The van der Waals surface area contributed by atoms with Crippen molar-refractivity contribution in [2.75, 3.05) is 0 Å². The number of carbonyl (C=O) groups excluding carboxylic acids is 1. The molecule has 0 saturated carbocycles. The second-order valence-corrected chi connectivity index (χ2v) is 5.82. The van der Waals surface area contributed by atoms with E-state index in [4.69, 9.17) is 4.42 Å². The topological polar surface area (TPSA) is 66.0 Å². The van der Waals surface area contributed by atoms with Crippen molar-refractivity contribution < 1.29 is 14.3 Å². The molecule has 0 saturated heterocycles. The van der Waals surface area contributed by atoms with Gasteiger partial charge in [0, 0.05) is 12.0 Å². The fourth-order valence-corrected chi connectivity index (χ4v) is 3.03. The zero-order valence-electron chi connectivity index (χ0n) is 13.4. The van der Waals surface area contributed by atoms with Gasteiger partial charge in [-0.15, -0.1) is 0 Å². The van der Waals surface area contributed by atoms with Crippen LogP contribution in [0.25, 0.3) is 0 Å². The molecule has 3 aromatic rings. The summed E-state index contributed by atoms with van der Waals surface area (Å²) in [6, 6.07) is 19.8. The fraction of sp³-hybridized carbons (Fsp3) is 0.100. The standard InChI is InChI=1S/C20H16N2O3/c23-18-10-5-4-9-15(18)16-13-17(14-7-2-1-3-8-14)22(21-16)20(24)19-11-6-12-25-19/h1-12,17,23H,13H2/t17-/m1/s1. The van der Waals surface area contributed by atoms with Crippen LogP contribution in [0.1, 0.15) is 34.1 Å². The minimum atomic E-state index is -0.302. The van der Waals surface area contributed by atoms with Crippen LogP contribution in [0.15, 0.2) is 82.5 Å². The first-order valence-corrected chi connectivity index (χ1v) is 8.02. The quantitative estimate of drug-likeness (QED) is 0.789. The zero-order chi connectivity index (χ0) is 17.2. The number of rotatable bonds is 3. The number of benzene rings is 2. The van der Waals surface area contributed by atoms with Gasteiger partial charge in [0.15, 0.2) is 5.76 Å². The molecule has 1 aliphatic rings. The van der Waals surface area contributed by atoms with Gasteiger partial charge in [-0.3, -0.25) is 4.79 Å². The van der Waals surface area contributed by atoms with Crippen molar-refractivity contribution in [3.63, 3.8) is 0 Å². The van der Waals surface area contributed by atoms with E-state index in [1.165, 1.54) is 11.3 Å². The molecule has 2 aromatic carbocycles. The number of amides is 1. The van der Waals surface area contributed by atoms with Gasteiger partial charge in [0.05, 0.1) is 18.0 Å². The highest BCUT2D eigenvalue weighted by Gasteiger charge is 2.35. The lowest BCUT2D eigenvalue weighted by atomic mass is 9.98. The molecule has 1 N–H and O–H groups in total. The molecule has 0 radical (unpaired) electrons. The molecule has 0 unspecified atom stereocenters. The summed E-state index contributed by atoms with van der Waals surface area (Å²) in [5.41, 5.74) is 2.29. The molecule has 1 amide bonds. The van der Waals surface area contributed by atoms with Gasteiger partial charge in [-0.1, -0.05) is 42.5 Å². The average molecular weight is 332 g/mol. The Morgan fingerprint density at radius 3 is 2.52 bits per heavy atom. The number of aromatic hydroxyl groups is 1. The number of hydrogen-bond donors (Lipinski definition) is 1. The van der Waals surface area contributed by atoms with Crippen molar-refractivity contribution in [2.45, 2.75) is 12.5 Å². The maximum atomic E-state index is 12.8. The summed E-state index contributed by atoms with van der Waals surface area (Å²) in [5.74, 6) is 0.0906. The Balaban J connectivity index is 1.75. The molecule has 0 fully saturated rings. The van der Waals surface area contributed by atoms with Crippen molar-refractivity contribution in [1.29, 1.82) is 0 Å². The monoisotopic (exact) mass is 332 g/mol. The van der Waals surface area contributed by atoms with Gasteiger partial charge in [0.2, 0.25) is 0 Å². The van der Waals surface area contributed by atoms with E-state index in [1.54, 1.807) is 30.3 Å². The van der Waals surface area contributed by atoms with Crippen LogP contribution >= 0.6 is 0 Å². The highest BCUT2D eigenvalue weighted by Crippen LogP contribution is 2.35. The number of nitrogens with zero attached hydrogens (tertiary/aromatic N) is 2. The lowest BCUT2D eigenvalue weighted by molar-refractivity contribution is 0.0678. The highest BCUT2D eigenvalue weighted by atomic mass is 16.3. The molecule has 5 heteroatoms. The first kappa shape index (κ1) is 15.2. The molecule has 1 aromatic heterocycles. The van der Waals surface area contributed by atoms with Crippen LogP contribution in [0, 0.1) is 0 Å². The molecule has 0 spiro atoms. The molecule has 5 nitrogen and oxygen atoms in total. The predicted molar refractivity (Wildman–Crippen MR) is 93.3 cm³/mol. The summed E-state index contributed by atoms with van der Waals surface area (Å²) < 4.78 is 5.25. The van der Waals surface area contributed by atoms with Crippen LogP contribution < -0.4 is 0 Å². The largest absolute Gasteiger partial charge is 0.507 e. The molecular weight excluding hydrogens is 316 g/mol. The number of carbonyl (C=O) groups is 1. The van der Waals surface area contributed by atoms with E-state index in [-0.39, 0.29) is 23.5 Å². The normalized spacial score (nSPS) is 16.7. The van der Waals surface area contributed by atoms with E-state index in [2.05, 4.69) is 5.10 Å². The predicted octanol–water partition coefficient (Wildman–Crippen LogP) is 3.98. The minimum absolute atomic E-state index is 0.153. The Kier molecular flexibility index (Phi) is 3.82. The summed E-state index contributed by atoms with van der Waals surface area (Å²) in [4.78, 5) is 12.8. The maximum absolute atomic E-state index is 12.8. The summed E-state index contributed by atoms with van der Waals surface area (Å²) in [6.07, 6.45) is 1.99. The lowest BCUT2D eigenvalue weighted by Crippen LogP contribution is -2.26. The van der Waals surface area contributed by atoms with Crippen LogP contribution in [0.2, 0.25) is 0 Å². The van der Waals surface area contributed by atoms with Crippen molar-refractivity contribution in [1.82, 2.24) is 5.01 Å². The number of hydrogen-bond acceptors (Lipinski definition) is 4. The summed E-state index contributed by atoms with van der Waals surface area (Å²) in [6.45, 7) is 0. The van der Waals surface area contributed by atoms with Crippen LogP contribution in [0.5, 0.6) is 5.75 Å². The Morgan fingerprint density at radius 2 is 1.80 bits per heavy atom. The number of phenolic OH excluding ortho intramolecular Hbond substituents is 1. The van der Waals surface area contributed by atoms with Crippen LogP contribution in [-0.4, -0.2) is 21.7 Å². The maximum Gasteiger partial charge on any atom is 0.310 e. The SMILES string of the molecule is O=C(c1ccco1)N1N=C(c2ccccc2O)C[C@@H]1c1ccccc1. The van der Waals surface area contributed by atoms with Crippen molar-refractivity contribution in [3.8, 4) is 5.75 Å². The van der Waals surface area contributed by atoms with Gasteiger partial charge in [0.25, 0.3) is 0 Å². The molecule has 0 bridgehead atoms.